The lowest BCUT2D eigenvalue weighted by Gasteiger charge is -2.18. The van der Waals surface area contributed by atoms with Gasteiger partial charge in [0.2, 0.25) is 0 Å². The van der Waals surface area contributed by atoms with Crippen LogP contribution in [0.15, 0.2) is 36.4 Å². The average Bonchev–Trinajstić information content (AvgIpc) is 2.53. The van der Waals surface area contributed by atoms with Gasteiger partial charge >= 0.3 is 0 Å². The van der Waals surface area contributed by atoms with Crippen molar-refractivity contribution in [2.24, 2.45) is 0 Å². The molecule has 0 aliphatic carbocycles. The lowest BCUT2D eigenvalue weighted by Crippen LogP contribution is -2.05. The van der Waals surface area contributed by atoms with Crippen molar-refractivity contribution in [2.75, 3.05) is 21.3 Å². The van der Waals surface area contributed by atoms with E-state index in [-0.39, 0.29) is 0 Å². The van der Waals surface area contributed by atoms with E-state index in [1.807, 2.05) is 25.1 Å². The van der Waals surface area contributed by atoms with Gasteiger partial charge in [0.1, 0.15) is 23.4 Å². The third-order valence-electron chi connectivity index (χ3n) is 3.50. The van der Waals surface area contributed by atoms with E-state index in [4.69, 9.17) is 14.2 Å². The second kappa shape index (κ2) is 6.50. The summed E-state index contributed by atoms with van der Waals surface area (Å²) in [6.07, 6.45) is -0.791. The van der Waals surface area contributed by atoms with Crippen LogP contribution in [0.2, 0.25) is 0 Å². The number of aryl methyl sites for hydroxylation is 1. The van der Waals surface area contributed by atoms with Crippen molar-refractivity contribution in [1.29, 1.82) is 0 Å². The van der Waals surface area contributed by atoms with Crippen LogP contribution >= 0.6 is 0 Å². The number of aliphatic hydroxyl groups is 1. The van der Waals surface area contributed by atoms with E-state index >= 15 is 0 Å². The molecule has 0 heterocycles. The molecule has 0 bridgehead atoms. The van der Waals surface area contributed by atoms with Gasteiger partial charge in [-0.25, -0.2) is 0 Å². The van der Waals surface area contributed by atoms with Gasteiger partial charge in [-0.15, -0.1) is 0 Å². The van der Waals surface area contributed by atoms with E-state index in [1.165, 1.54) is 0 Å². The fourth-order valence-corrected chi connectivity index (χ4v) is 2.30. The highest BCUT2D eigenvalue weighted by Gasteiger charge is 2.18. The van der Waals surface area contributed by atoms with Crippen LogP contribution < -0.4 is 14.2 Å². The minimum atomic E-state index is -0.791. The Balaban J connectivity index is 2.45. The van der Waals surface area contributed by atoms with Crippen molar-refractivity contribution in [3.63, 3.8) is 0 Å². The first-order valence-electron chi connectivity index (χ1n) is 6.65. The van der Waals surface area contributed by atoms with E-state index in [1.54, 1.807) is 39.5 Å². The van der Waals surface area contributed by atoms with Crippen LogP contribution in [0.3, 0.4) is 0 Å². The predicted molar refractivity (Wildman–Crippen MR) is 81.3 cm³/mol. The van der Waals surface area contributed by atoms with Gasteiger partial charge in [-0.3, -0.25) is 0 Å². The first-order valence-corrected chi connectivity index (χ1v) is 6.65. The minimum absolute atomic E-state index is 0.624. The number of hydrogen-bond acceptors (Lipinski definition) is 4. The van der Waals surface area contributed by atoms with Crippen molar-refractivity contribution >= 4 is 0 Å². The average molecular weight is 288 g/mol. The maximum atomic E-state index is 10.7. The highest BCUT2D eigenvalue weighted by molar-refractivity contribution is 5.47. The molecule has 2 aromatic rings. The highest BCUT2D eigenvalue weighted by atomic mass is 16.5. The summed E-state index contributed by atoms with van der Waals surface area (Å²) in [6.45, 7) is 1.94. The van der Waals surface area contributed by atoms with E-state index in [2.05, 4.69) is 0 Å². The summed E-state index contributed by atoms with van der Waals surface area (Å²) in [7, 11) is 4.80. The molecule has 0 saturated carbocycles. The van der Waals surface area contributed by atoms with Gasteiger partial charge in [-0.05, 0) is 48.4 Å². The summed E-state index contributed by atoms with van der Waals surface area (Å²) >= 11 is 0. The first kappa shape index (κ1) is 15.2. The molecule has 0 fully saturated rings. The van der Waals surface area contributed by atoms with Gasteiger partial charge in [0, 0.05) is 5.56 Å². The maximum absolute atomic E-state index is 10.7. The Morgan fingerprint density at radius 3 is 2.00 bits per heavy atom. The molecule has 2 rings (SSSR count). The fourth-order valence-electron chi connectivity index (χ4n) is 2.30. The molecule has 0 aliphatic heterocycles. The van der Waals surface area contributed by atoms with E-state index in [0.717, 1.165) is 16.9 Å². The molecule has 0 radical (unpaired) electrons. The van der Waals surface area contributed by atoms with E-state index < -0.39 is 6.10 Å². The molecule has 0 aliphatic rings. The monoisotopic (exact) mass is 288 g/mol. The van der Waals surface area contributed by atoms with Gasteiger partial charge in [0.05, 0.1) is 21.3 Å². The standard InChI is InChI=1S/C17H20O4/c1-11-9-12(19-2)5-7-14(11)17(18)15-10-13(20-3)6-8-16(15)21-4/h5-10,17-18H,1-4H3. The van der Waals surface area contributed by atoms with Gasteiger partial charge in [0.15, 0.2) is 0 Å². The smallest absolute Gasteiger partial charge is 0.125 e. The Kier molecular flexibility index (Phi) is 4.70. The van der Waals surface area contributed by atoms with Crippen LogP contribution in [-0.4, -0.2) is 26.4 Å². The molecule has 0 saturated heterocycles. The Morgan fingerprint density at radius 1 is 0.810 bits per heavy atom. The third-order valence-corrected chi connectivity index (χ3v) is 3.50. The summed E-state index contributed by atoms with van der Waals surface area (Å²) in [5.74, 6) is 2.07. The zero-order valence-corrected chi connectivity index (χ0v) is 12.7. The van der Waals surface area contributed by atoms with Gasteiger partial charge < -0.3 is 19.3 Å². The zero-order valence-electron chi connectivity index (χ0n) is 12.7. The van der Waals surface area contributed by atoms with Crippen molar-refractivity contribution < 1.29 is 19.3 Å². The summed E-state index contributed by atoms with van der Waals surface area (Å²) in [5, 5.41) is 10.7. The summed E-state index contributed by atoms with van der Waals surface area (Å²) in [4.78, 5) is 0. The first-order chi connectivity index (χ1) is 10.1. The molecule has 1 N–H and O–H groups in total. The lowest BCUT2D eigenvalue weighted by atomic mass is 9.96. The minimum Gasteiger partial charge on any atom is -0.497 e. The highest BCUT2D eigenvalue weighted by Crippen LogP contribution is 2.35. The van der Waals surface area contributed by atoms with Gasteiger partial charge in [-0.1, -0.05) is 6.07 Å². The molecular formula is C17H20O4. The number of benzene rings is 2. The number of rotatable bonds is 5. The number of ether oxygens (including phenoxy) is 3. The third kappa shape index (κ3) is 3.11. The second-order valence-corrected chi connectivity index (χ2v) is 4.73. The molecule has 2 aromatic carbocycles. The Morgan fingerprint density at radius 2 is 1.43 bits per heavy atom. The summed E-state index contributed by atoms with van der Waals surface area (Å²) in [6, 6.07) is 11.0. The molecule has 21 heavy (non-hydrogen) atoms. The Bertz CT molecular complexity index is 622. The molecule has 1 unspecified atom stereocenters. The van der Waals surface area contributed by atoms with Crippen LogP contribution in [0.25, 0.3) is 0 Å². The topological polar surface area (TPSA) is 47.9 Å². The van der Waals surface area contributed by atoms with Crippen molar-refractivity contribution in [1.82, 2.24) is 0 Å². The summed E-state index contributed by atoms with van der Waals surface area (Å²) in [5.41, 5.74) is 2.43. The lowest BCUT2D eigenvalue weighted by molar-refractivity contribution is 0.213. The number of methoxy groups -OCH3 is 3. The zero-order chi connectivity index (χ0) is 15.4. The molecule has 4 heteroatoms. The molecule has 112 valence electrons. The van der Waals surface area contributed by atoms with E-state index in [0.29, 0.717) is 17.1 Å². The van der Waals surface area contributed by atoms with Gasteiger partial charge in [0.25, 0.3) is 0 Å². The largest absolute Gasteiger partial charge is 0.497 e. The van der Waals surface area contributed by atoms with Gasteiger partial charge in [-0.2, -0.15) is 0 Å². The van der Waals surface area contributed by atoms with E-state index in [9.17, 15) is 5.11 Å². The molecule has 1 atom stereocenters. The predicted octanol–water partition coefficient (Wildman–Crippen LogP) is 3.10. The molecule has 0 amide bonds. The number of hydrogen-bond donors (Lipinski definition) is 1. The van der Waals surface area contributed by atoms with Crippen LogP contribution in [-0.2, 0) is 0 Å². The van der Waals surface area contributed by atoms with Crippen molar-refractivity contribution in [3.05, 3.63) is 53.1 Å². The number of aliphatic hydroxyl groups excluding tert-OH is 1. The summed E-state index contributed by atoms with van der Waals surface area (Å²) < 4.78 is 15.7. The normalized spacial score (nSPS) is 11.9. The molecule has 0 aromatic heterocycles. The molecule has 0 spiro atoms. The Labute approximate surface area is 124 Å². The maximum Gasteiger partial charge on any atom is 0.125 e. The van der Waals surface area contributed by atoms with Crippen LogP contribution in [0.5, 0.6) is 17.2 Å². The Hall–Kier alpha value is -2.20. The SMILES string of the molecule is COc1ccc(C(O)c2cc(OC)ccc2OC)c(C)c1. The van der Waals surface area contributed by atoms with Crippen molar-refractivity contribution in [2.45, 2.75) is 13.0 Å². The van der Waals surface area contributed by atoms with Crippen LogP contribution in [0, 0.1) is 6.92 Å². The van der Waals surface area contributed by atoms with Crippen molar-refractivity contribution in [3.8, 4) is 17.2 Å². The fraction of sp³-hybridized carbons (Fsp3) is 0.294. The van der Waals surface area contributed by atoms with Crippen LogP contribution in [0.4, 0.5) is 0 Å². The van der Waals surface area contributed by atoms with Crippen LogP contribution in [0.1, 0.15) is 22.8 Å². The molecular weight excluding hydrogens is 268 g/mol. The quantitative estimate of drug-likeness (QED) is 0.918. The second-order valence-electron chi connectivity index (χ2n) is 4.73. The molecule has 4 nitrogen and oxygen atoms in total.